The molecule has 23 heavy (non-hydrogen) atoms. The van der Waals surface area contributed by atoms with E-state index < -0.39 is 0 Å². The molecule has 0 atom stereocenters. The normalized spacial score (nSPS) is 11.4. The molecular formula is C20H25NO2. The monoisotopic (exact) mass is 311 g/mol. The average Bonchev–Trinajstić information content (AvgIpc) is 2.50. The first-order chi connectivity index (χ1) is 11.0. The minimum atomic E-state index is 0.0220. The number of aliphatic hydroxyl groups excluding tert-OH is 1. The first kappa shape index (κ1) is 17.4. The smallest absolute Gasteiger partial charge is 0.0715 e. The van der Waals surface area contributed by atoms with Crippen LogP contribution in [0.15, 0.2) is 18.2 Å². The largest absolute Gasteiger partial charge is 0.392 e. The second-order valence-corrected chi connectivity index (χ2v) is 5.86. The Hall–Kier alpha value is -1.97. The van der Waals surface area contributed by atoms with Crippen LogP contribution in [0, 0.1) is 27.7 Å². The van der Waals surface area contributed by atoms with E-state index in [4.69, 9.17) is 4.74 Å². The molecule has 3 heteroatoms. The third-order valence-electron chi connectivity index (χ3n) is 4.39. The van der Waals surface area contributed by atoms with Crippen molar-refractivity contribution in [3.63, 3.8) is 0 Å². The Bertz CT molecular complexity index is 733. The van der Waals surface area contributed by atoms with E-state index in [1.165, 1.54) is 16.7 Å². The van der Waals surface area contributed by atoms with E-state index in [0.29, 0.717) is 6.61 Å². The van der Waals surface area contributed by atoms with Gasteiger partial charge >= 0.3 is 0 Å². The maximum absolute atomic E-state index is 9.56. The molecule has 0 amide bonds. The highest BCUT2D eigenvalue weighted by Crippen LogP contribution is 2.23. The van der Waals surface area contributed by atoms with Crippen LogP contribution in [0.5, 0.6) is 0 Å². The maximum atomic E-state index is 9.56. The molecule has 0 aliphatic heterocycles. The lowest BCUT2D eigenvalue weighted by molar-refractivity contribution is 0.184. The molecule has 0 unspecified atom stereocenters. The number of methoxy groups -OCH3 is 1. The summed E-state index contributed by atoms with van der Waals surface area (Å²) in [6.07, 6.45) is 4.21. The highest BCUT2D eigenvalue weighted by atomic mass is 16.5. The van der Waals surface area contributed by atoms with Crippen LogP contribution < -0.4 is 0 Å². The Morgan fingerprint density at radius 2 is 1.78 bits per heavy atom. The highest BCUT2D eigenvalue weighted by Gasteiger charge is 2.10. The second-order valence-electron chi connectivity index (χ2n) is 5.86. The zero-order chi connectivity index (χ0) is 17.0. The molecule has 0 spiro atoms. The number of hydrogen-bond donors (Lipinski definition) is 1. The number of hydrogen-bond acceptors (Lipinski definition) is 3. The summed E-state index contributed by atoms with van der Waals surface area (Å²) < 4.78 is 5.25. The summed E-state index contributed by atoms with van der Waals surface area (Å²) in [6.45, 7) is 8.74. The third-order valence-corrected chi connectivity index (χ3v) is 4.39. The van der Waals surface area contributed by atoms with E-state index in [9.17, 15) is 5.11 Å². The van der Waals surface area contributed by atoms with Gasteiger partial charge in [-0.1, -0.05) is 30.4 Å². The molecule has 0 fully saturated rings. The number of aromatic nitrogens is 1. The number of pyridine rings is 1. The van der Waals surface area contributed by atoms with Crippen molar-refractivity contribution in [1.82, 2.24) is 4.98 Å². The van der Waals surface area contributed by atoms with Crippen molar-refractivity contribution in [3.8, 4) is 0 Å². The van der Waals surface area contributed by atoms with Crippen LogP contribution in [0.2, 0.25) is 0 Å². The van der Waals surface area contributed by atoms with E-state index in [1.807, 2.05) is 26.8 Å². The molecule has 0 saturated carbocycles. The number of ether oxygens (including phenoxy) is 1. The maximum Gasteiger partial charge on any atom is 0.0715 e. The predicted molar refractivity (Wildman–Crippen MR) is 95.2 cm³/mol. The van der Waals surface area contributed by atoms with Crippen LogP contribution in [-0.4, -0.2) is 17.2 Å². The van der Waals surface area contributed by atoms with Crippen molar-refractivity contribution in [2.75, 3.05) is 7.11 Å². The molecule has 122 valence electrons. The van der Waals surface area contributed by atoms with Crippen LogP contribution in [0.4, 0.5) is 0 Å². The molecule has 2 rings (SSSR count). The van der Waals surface area contributed by atoms with Gasteiger partial charge in [0.1, 0.15) is 0 Å². The summed E-state index contributed by atoms with van der Waals surface area (Å²) in [5.41, 5.74) is 8.57. The summed E-state index contributed by atoms with van der Waals surface area (Å²) >= 11 is 0. The summed E-state index contributed by atoms with van der Waals surface area (Å²) in [7, 11) is 1.71. The molecule has 1 N–H and O–H groups in total. The van der Waals surface area contributed by atoms with Crippen LogP contribution in [-0.2, 0) is 18.0 Å². The molecule has 1 heterocycles. The Morgan fingerprint density at radius 3 is 2.43 bits per heavy atom. The first-order valence-electron chi connectivity index (χ1n) is 7.82. The lowest BCUT2D eigenvalue weighted by Crippen LogP contribution is -2.02. The van der Waals surface area contributed by atoms with Gasteiger partial charge in [0.25, 0.3) is 0 Å². The zero-order valence-electron chi connectivity index (χ0n) is 14.6. The summed E-state index contributed by atoms with van der Waals surface area (Å²) in [5, 5.41) is 9.56. The van der Waals surface area contributed by atoms with Gasteiger partial charge in [-0.05, 0) is 55.5 Å². The Kier molecular flexibility index (Phi) is 5.69. The zero-order valence-corrected chi connectivity index (χ0v) is 14.6. The van der Waals surface area contributed by atoms with E-state index >= 15 is 0 Å². The fourth-order valence-corrected chi connectivity index (χ4v) is 2.93. The minimum Gasteiger partial charge on any atom is -0.392 e. The van der Waals surface area contributed by atoms with E-state index in [-0.39, 0.29) is 6.61 Å². The van der Waals surface area contributed by atoms with Crippen LogP contribution in [0.1, 0.15) is 44.8 Å². The predicted octanol–water partition coefficient (Wildman–Crippen LogP) is 4.12. The minimum absolute atomic E-state index is 0.0220. The van der Waals surface area contributed by atoms with Crippen molar-refractivity contribution in [1.29, 1.82) is 0 Å². The number of nitrogens with zero attached hydrogens (tertiary/aromatic N) is 1. The van der Waals surface area contributed by atoms with E-state index in [0.717, 1.165) is 28.1 Å². The standard InChI is InChI=1S/C20H25NO2/c1-13-17(7-6-8-18(13)12-23-5)9-10-19-14(2)20(11-22)16(4)21-15(19)3/h6-10,22H,11-12H2,1-5H3/b10-9-. The van der Waals surface area contributed by atoms with E-state index in [1.54, 1.807) is 7.11 Å². The molecule has 3 nitrogen and oxygen atoms in total. The van der Waals surface area contributed by atoms with Gasteiger partial charge in [0, 0.05) is 24.1 Å². The van der Waals surface area contributed by atoms with Gasteiger partial charge in [-0.25, -0.2) is 0 Å². The molecule has 1 aromatic heterocycles. The lowest BCUT2D eigenvalue weighted by Gasteiger charge is -2.13. The van der Waals surface area contributed by atoms with Crippen LogP contribution in [0.3, 0.4) is 0 Å². The fourth-order valence-electron chi connectivity index (χ4n) is 2.93. The van der Waals surface area contributed by atoms with Crippen LogP contribution in [0.25, 0.3) is 12.2 Å². The Morgan fingerprint density at radius 1 is 1.04 bits per heavy atom. The molecule has 0 saturated heterocycles. The topological polar surface area (TPSA) is 42.4 Å². The van der Waals surface area contributed by atoms with Gasteiger partial charge in [-0.15, -0.1) is 0 Å². The third kappa shape index (κ3) is 3.69. The Balaban J connectivity index is 2.44. The van der Waals surface area contributed by atoms with Crippen molar-refractivity contribution < 1.29 is 9.84 Å². The van der Waals surface area contributed by atoms with Crippen molar-refractivity contribution in [2.45, 2.75) is 40.9 Å². The molecule has 1 aromatic carbocycles. The Labute approximate surface area is 138 Å². The van der Waals surface area contributed by atoms with Gasteiger partial charge < -0.3 is 9.84 Å². The molecule has 2 aromatic rings. The van der Waals surface area contributed by atoms with Gasteiger partial charge in [-0.2, -0.15) is 0 Å². The first-order valence-corrected chi connectivity index (χ1v) is 7.82. The number of aliphatic hydroxyl groups is 1. The second kappa shape index (κ2) is 7.53. The van der Waals surface area contributed by atoms with Gasteiger partial charge in [0.05, 0.1) is 13.2 Å². The molecule has 0 aliphatic rings. The van der Waals surface area contributed by atoms with Crippen LogP contribution >= 0.6 is 0 Å². The van der Waals surface area contributed by atoms with Gasteiger partial charge in [-0.3, -0.25) is 4.98 Å². The van der Waals surface area contributed by atoms with E-state index in [2.05, 4.69) is 36.2 Å². The molecule has 0 aliphatic carbocycles. The van der Waals surface area contributed by atoms with Crippen molar-refractivity contribution >= 4 is 12.2 Å². The average molecular weight is 311 g/mol. The number of rotatable bonds is 5. The van der Waals surface area contributed by atoms with Gasteiger partial charge in [0.2, 0.25) is 0 Å². The highest BCUT2D eigenvalue weighted by molar-refractivity contribution is 5.74. The summed E-state index contributed by atoms with van der Waals surface area (Å²) in [4.78, 5) is 4.56. The number of aryl methyl sites for hydroxylation is 2. The van der Waals surface area contributed by atoms with Crippen molar-refractivity contribution in [2.24, 2.45) is 0 Å². The quantitative estimate of drug-likeness (QED) is 0.903. The SMILES string of the molecule is COCc1cccc(/C=C\c2c(C)nc(C)c(CO)c2C)c1C. The lowest BCUT2D eigenvalue weighted by atomic mass is 9.97. The molecule has 0 bridgehead atoms. The molecule has 0 radical (unpaired) electrons. The summed E-state index contributed by atoms with van der Waals surface area (Å²) in [6, 6.07) is 6.24. The van der Waals surface area contributed by atoms with Crippen molar-refractivity contribution in [3.05, 3.63) is 63.0 Å². The number of benzene rings is 1. The summed E-state index contributed by atoms with van der Waals surface area (Å²) in [5.74, 6) is 0. The molecular weight excluding hydrogens is 286 g/mol. The fraction of sp³-hybridized carbons (Fsp3) is 0.350. The van der Waals surface area contributed by atoms with Gasteiger partial charge in [0.15, 0.2) is 0 Å².